The molecule has 19 heavy (non-hydrogen) atoms. The number of hydrogen-bond donors (Lipinski definition) is 2. The molecule has 0 aliphatic heterocycles. The van der Waals surface area contributed by atoms with Gasteiger partial charge in [0.15, 0.2) is 11.6 Å². The molecule has 0 aromatic heterocycles. The zero-order valence-electron chi connectivity index (χ0n) is 11.0. The molecule has 0 spiro atoms. The predicted octanol–water partition coefficient (Wildman–Crippen LogP) is 1.79. The highest BCUT2D eigenvalue weighted by atomic mass is 19.2. The number of ether oxygens (including phenoxy) is 2. The number of rotatable bonds is 8. The van der Waals surface area contributed by atoms with Crippen LogP contribution in [0, 0.1) is 11.6 Å². The normalized spacial score (nSPS) is 14.2. The lowest BCUT2D eigenvalue weighted by molar-refractivity contribution is -0.0282. The lowest BCUT2D eigenvalue weighted by Crippen LogP contribution is -2.28. The van der Waals surface area contributed by atoms with Crippen LogP contribution in [0.5, 0.6) is 0 Å². The molecule has 2 atom stereocenters. The number of anilines is 1. The summed E-state index contributed by atoms with van der Waals surface area (Å²) in [6, 6.07) is 3.83. The minimum absolute atomic E-state index is 0.0176. The van der Waals surface area contributed by atoms with Crippen LogP contribution in [0.15, 0.2) is 18.2 Å². The highest BCUT2D eigenvalue weighted by molar-refractivity contribution is 5.44. The molecule has 2 N–H and O–H groups in total. The lowest BCUT2D eigenvalue weighted by Gasteiger charge is -2.17. The van der Waals surface area contributed by atoms with Gasteiger partial charge in [0.05, 0.1) is 31.1 Å². The van der Waals surface area contributed by atoms with Crippen LogP contribution in [0.2, 0.25) is 0 Å². The van der Waals surface area contributed by atoms with Crippen molar-refractivity contribution in [1.29, 1.82) is 0 Å². The van der Waals surface area contributed by atoms with E-state index < -0.39 is 17.7 Å². The van der Waals surface area contributed by atoms with E-state index in [1.807, 2.05) is 6.92 Å². The summed E-state index contributed by atoms with van der Waals surface area (Å²) >= 11 is 0. The van der Waals surface area contributed by atoms with Gasteiger partial charge in [-0.15, -0.1) is 0 Å². The highest BCUT2D eigenvalue weighted by Crippen LogP contribution is 2.16. The molecule has 1 aromatic rings. The molecule has 0 radical (unpaired) electrons. The van der Waals surface area contributed by atoms with Crippen LogP contribution in [0.1, 0.15) is 6.92 Å². The monoisotopic (exact) mass is 275 g/mol. The van der Waals surface area contributed by atoms with Crippen LogP contribution in [0.4, 0.5) is 14.5 Å². The lowest BCUT2D eigenvalue weighted by atomic mass is 10.2. The number of aliphatic hydroxyl groups excluding tert-OH is 1. The van der Waals surface area contributed by atoms with E-state index in [4.69, 9.17) is 9.47 Å². The quantitative estimate of drug-likeness (QED) is 0.759. The second-order valence-electron chi connectivity index (χ2n) is 4.24. The number of benzene rings is 1. The zero-order chi connectivity index (χ0) is 14.3. The van der Waals surface area contributed by atoms with Gasteiger partial charge in [-0.3, -0.25) is 0 Å². The minimum atomic E-state index is -0.955. The summed E-state index contributed by atoms with van der Waals surface area (Å²) in [5.41, 5.74) is 0.0176. The van der Waals surface area contributed by atoms with Gasteiger partial charge in [0.25, 0.3) is 0 Å². The molecule has 0 fully saturated rings. The van der Waals surface area contributed by atoms with Crippen molar-refractivity contribution < 1.29 is 23.4 Å². The topological polar surface area (TPSA) is 50.7 Å². The first kappa shape index (κ1) is 15.8. The molecule has 0 saturated carbocycles. The molecule has 0 bridgehead atoms. The van der Waals surface area contributed by atoms with Crippen molar-refractivity contribution in [2.75, 3.05) is 32.2 Å². The first-order valence-electron chi connectivity index (χ1n) is 6.01. The first-order valence-corrected chi connectivity index (χ1v) is 6.01. The molecule has 6 heteroatoms. The molecule has 1 rings (SSSR count). The van der Waals surface area contributed by atoms with E-state index in [0.29, 0.717) is 6.61 Å². The smallest absolute Gasteiger partial charge is 0.181 e. The molecule has 108 valence electrons. The average Bonchev–Trinajstić information content (AvgIpc) is 2.38. The third-order valence-electron chi connectivity index (χ3n) is 2.45. The van der Waals surface area contributed by atoms with E-state index in [9.17, 15) is 13.9 Å². The fourth-order valence-corrected chi connectivity index (χ4v) is 1.49. The Balaban J connectivity index is 2.33. The number of hydrogen-bond acceptors (Lipinski definition) is 4. The van der Waals surface area contributed by atoms with E-state index in [1.54, 1.807) is 7.11 Å². The van der Waals surface area contributed by atoms with Crippen LogP contribution < -0.4 is 5.32 Å². The molecule has 1 aromatic carbocycles. The van der Waals surface area contributed by atoms with Crippen molar-refractivity contribution in [3.63, 3.8) is 0 Å². The summed E-state index contributed by atoms with van der Waals surface area (Å²) in [7, 11) is 1.56. The van der Waals surface area contributed by atoms with Gasteiger partial charge in [0, 0.05) is 13.7 Å². The molecule has 0 aliphatic rings. The van der Waals surface area contributed by atoms with Gasteiger partial charge in [-0.1, -0.05) is 6.07 Å². The van der Waals surface area contributed by atoms with Gasteiger partial charge in [-0.2, -0.15) is 0 Å². The number of aliphatic hydroxyl groups is 1. The Labute approximate surface area is 111 Å². The Kier molecular flexibility index (Phi) is 6.69. The van der Waals surface area contributed by atoms with Gasteiger partial charge in [-0.25, -0.2) is 8.78 Å². The van der Waals surface area contributed by atoms with Crippen molar-refractivity contribution in [3.8, 4) is 0 Å². The third-order valence-corrected chi connectivity index (χ3v) is 2.45. The maximum absolute atomic E-state index is 13.3. The highest BCUT2D eigenvalue weighted by Gasteiger charge is 2.11. The van der Waals surface area contributed by atoms with Gasteiger partial charge in [-0.05, 0) is 19.1 Å². The van der Waals surface area contributed by atoms with Gasteiger partial charge >= 0.3 is 0 Å². The Hall–Kier alpha value is -1.24. The van der Waals surface area contributed by atoms with Gasteiger partial charge in [0.2, 0.25) is 0 Å². The largest absolute Gasteiger partial charge is 0.389 e. The molecule has 0 saturated heterocycles. The van der Waals surface area contributed by atoms with Crippen molar-refractivity contribution in [2.45, 2.75) is 19.1 Å². The molecule has 4 nitrogen and oxygen atoms in total. The van der Waals surface area contributed by atoms with Crippen molar-refractivity contribution in [3.05, 3.63) is 29.8 Å². The molecule has 0 amide bonds. The van der Waals surface area contributed by atoms with E-state index >= 15 is 0 Å². The van der Waals surface area contributed by atoms with E-state index in [0.717, 1.165) is 6.07 Å². The van der Waals surface area contributed by atoms with Gasteiger partial charge in [0.1, 0.15) is 0 Å². The molecular weight excluding hydrogens is 256 g/mol. The SMILES string of the molecule is COCC(C)OCC(O)CNc1cccc(F)c1F. The Morgan fingerprint density at radius 3 is 2.74 bits per heavy atom. The van der Waals surface area contributed by atoms with Crippen molar-refractivity contribution >= 4 is 5.69 Å². The Bertz CT molecular complexity index is 390. The molecule has 0 heterocycles. The fourth-order valence-electron chi connectivity index (χ4n) is 1.49. The van der Waals surface area contributed by atoms with Crippen LogP contribution in [-0.4, -0.2) is 44.2 Å². The zero-order valence-corrected chi connectivity index (χ0v) is 11.0. The van der Waals surface area contributed by atoms with E-state index in [2.05, 4.69) is 5.32 Å². The summed E-state index contributed by atoms with van der Waals surface area (Å²) in [6.45, 7) is 2.41. The second kappa shape index (κ2) is 8.04. The first-order chi connectivity index (χ1) is 9.04. The molecule has 2 unspecified atom stereocenters. The Morgan fingerprint density at radius 2 is 2.05 bits per heavy atom. The third kappa shape index (κ3) is 5.50. The van der Waals surface area contributed by atoms with Crippen LogP contribution in [-0.2, 0) is 9.47 Å². The van der Waals surface area contributed by atoms with Crippen LogP contribution in [0.3, 0.4) is 0 Å². The van der Waals surface area contributed by atoms with Gasteiger partial charge < -0.3 is 19.9 Å². The maximum Gasteiger partial charge on any atom is 0.181 e. The van der Waals surface area contributed by atoms with E-state index in [-0.39, 0.29) is 24.9 Å². The molecular formula is C13H19F2NO3. The maximum atomic E-state index is 13.3. The summed E-state index contributed by atoms with van der Waals surface area (Å²) < 4.78 is 36.4. The number of methoxy groups -OCH3 is 1. The van der Waals surface area contributed by atoms with Crippen LogP contribution >= 0.6 is 0 Å². The second-order valence-corrected chi connectivity index (χ2v) is 4.24. The van der Waals surface area contributed by atoms with Crippen molar-refractivity contribution in [2.24, 2.45) is 0 Å². The summed E-state index contributed by atoms with van der Waals surface area (Å²) in [5, 5.41) is 12.3. The van der Waals surface area contributed by atoms with Crippen molar-refractivity contribution in [1.82, 2.24) is 0 Å². The fraction of sp³-hybridized carbons (Fsp3) is 0.538. The average molecular weight is 275 g/mol. The minimum Gasteiger partial charge on any atom is -0.389 e. The van der Waals surface area contributed by atoms with Crippen LogP contribution in [0.25, 0.3) is 0 Å². The Morgan fingerprint density at radius 1 is 1.32 bits per heavy atom. The number of halogens is 2. The number of nitrogens with one attached hydrogen (secondary N) is 1. The van der Waals surface area contributed by atoms with E-state index in [1.165, 1.54) is 12.1 Å². The summed E-state index contributed by atoms with van der Waals surface area (Å²) in [4.78, 5) is 0. The standard InChI is InChI=1S/C13H19F2NO3/c1-9(7-18-2)19-8-10(17)6-16-12-5-3-4-11(14)13(12)15/h3-5,9-10,16-17H,6-8H2,1-2H3. The summed E-state index contributed by atoms with van der Waals surface area (Å²) in [5.74, 6) is -1.88. The predicted molar refractivity (Wildman–Crippen MR) is 68.1 cm³/mol. The molecule has 0 aliphatic carbocycles. The summed E-state index contributed by atoms with van der Waals surface area (Å²) in [6.07, 6.45) is -0.951.